The van der Waals surface area contributed by atoms with Gasteiger partial charge in [0.25, 0.3) is 0 Å². The standard InChI is InChI=1S/C11H19N5O/c1-3-17-11-14-9(12)13-10(15-11)16-6-4-5-8(2)7-16/h8H,3-7H2,1-2H3,(H2,12,13,14,15). The molecule has 0 aliphatic carbocycles. The number of piperidine rings is 1. The molecule has 0 spiro atoms. The van der Waals surface area contributed by atoms with Crippen molar-refractivity contribution in [1.82, 2.24) is 15.0 Å². The zero-order valence-electron chi connectivity index (χ0n) is 10.4. The van der Waals surface area contributed by atoms with Gasteiger partial charge in [-0.15, -0.1) is 0 Å². The molecule has 2 rings (SSSR count). The fourth-order valence-electron chi connectivity index (χ4n) is 2.07. The molecule has 1 unspecified atom stereocenters. The van der Waals surface area contributed by atoms with Gasteiger partial charge in [0.05, 0.1) is 6.61 Å². The average Bonchev–Trinajstić information content (AvgIpc) is 2.28. The molecule has 0 saturated carbocycles. The molecule has 1 atom stereocenters. The maximum absolute atomic E-state index is 5.66. The summed E-state index contributed by atoms with van der Waals surface area (Å²) in [4.78, 5) is 14.6. The number of ether oxygens (including phenoxy) is 1. The van der Waals surface area contributed by atoms with E-state index in [9.17, 15) is 0 Å². The molecule has 6 nitrogen and oxygen atoms in total. The van der Waals surface area contributed by atoms with Crippen LogP contribution in [0.5, 0.6) is 6.01 Å². The van der Waals surface area contributed by atoms with Crippen molar-refractivity contribution in [2.45, 2.75) is 26.7 Å². The molecule has 1 aromatic heterocycles. The summed E-state index contributed by atoms with van der Waals surface area (Å²) in [6.07, 6.45) is 2.42. The van der Waals surface area contributed by atoms with Crippen LogP contribution < -0.4 is 15.4 Å². The Morgan fingerprint density at radius 2 is 2.24 bits per heavy atom. The summed E-state index contributed by atoms with van der Waals surface area (Å²) in [5, 5.41) is 0. The van der Waals surface area contributed by atoms with Gasteiger partial charge in [0.2, 0.25) is 11.9 Å². The van der Waals surface area contributed by atoms with Gasteiger partial charge < -0.3 is 15.4 Å². The lowest BCUT2D eigenvalue weighted by atomic mass is 10.0. The van der Waals surface area contributed by atoms with Crippen LogP contribution in [0.15, 0.2) is 0 Å². The highest BCUT2D eigenvalue weighted by molar-refractivity contribution is 5.36. The van der Waals surface area contributed by atoms with Crippen molar-refractivity contribution in [3.63, 3.8) is 0 Å². The van der Waals surface area contributed by atoms with Gasteiger partial charge in [0, 0.05) is 13.1 Å². The van der Waals surface area contributed by atoms with Crippen molar-refractivity contribution in [1.29, 1.82) is 0 Å². The second kappa shape index (κ2) is 5.16. The van der Waals surface area contributed by atoms with E-state index in [2.05, 4.69) is 26.8 Å². The fraction of sp³-hybridized carbons (Fsp3) is 0.727. The van der Waals surface area contributed by atoms with Crippen molar-refractivity contribution in [3.05, 3.63) is 0 Å². The number of aromatic nitrogens is 3. The number of anilines is 2. The van der Waals surface area contributed by atoms with Crippen LogP contribution in [0.4, 0.5) is 11.9 Å². The Labute approximate surface area is 101 Å². The molecule has 1 fully saturated rings. The van der Waals surface area contributed by atoms with Crippen LogP contribution in [0.1, 0.15) is 26.7 Å². The number of nitrogen functional groups attached to an aromatic ring is 1. The number of nitrogens with zero attached hydrogens (tertiary/aromatic N) is 4. The van der Waals surface area contributed by atoms with E-state index in [0.29, 0.717) is 24.5 Å². The third kappa shape index (κ3) is 2.95. The Kier molecular flexibility index (Phi) is 3.61. The highest BCUT2D eigenvalue weighted by atomic mass is 16.5. The smallest absolute Gasteiger partial charge is 0.323 e. The van der Waals surface area contributed by atoms with E-state index in [1.807, 2.05) is 6.92 Å². The van der Waals surface area contributed by atoms with Gasteiger partial charge in [-0.1, -0.05) is 6.92 Å². The Balaban J connectivity index is 2.18. The third-order valence-corrected chi connectivity index (χ3v) is 2.83. The van der Waals surface area contributed by atoms with Crippen molar-refractivity contribution < 1.29 is 4.74 Å². The van der Waals surface area contributed by atoms with E-state index in [0.717, 1.165) is 19.5 Å². The van der Waals surface area contributed by atoms with E-state index >= 15 is 0 Å². The predicted octanol–water partition coefficient (Wildman–Crippen LogP) is 1.09. The molecule has 0 bridgehead atoms. The second-order valence-corrected chi connectivity index (χ2v) is 4.40. The van der Waals surface area contributed by atoms with Gasteiger partial charge in [-0.2, -0.15) is 15.0 Å². The van der Waals surface area contributed by atoms with Crippen molar-refractivity contribution in [2.75, 3.05) is 30.3 Å². The SMILES string of the molecule is CCOc1nc(N)nc(N2CCCC(C)C2)n1. The first-order valence-corrected chi connectivity index (χ1v) is 6.08. The first-order valence-electron chi connectivity index (χ1n) is 6.08. The largest absolute Gasteiger partial charge is 0.464 e. The van der Waals surface area contributed by atoms with Crippen LogP contribution in [-0.4, -0.2) is 34.6 Å². The molecule has 1 aromatic rings. The van der Waals surface area contributed by atoms with E-state index in [-0.39, 0.29) is 5.95 Å². The van der Waals surface area contributed by atoms with Gasteiger partial charge >= 0.3 is 6.01 Å². The van der Waals surface area contributed by atoms with Gasteiger partial charge in [0.1, 0.15) is 0 Å². The van der Waals surface area contributed by atoms with Crippen molar-refractivity contribution in [2.24, 2.45) is 5.92 Å². The molecule has 94 valence electrons. The van der Waals surface area contributed by atoms with Crippen LogP contribution >= 0.6 is 0 Å². The molecule has 1 saturated heterocycles. The summed E-state index contributed by atoms with van der Waals surface area (Å²) >= 11 is 0. The molecule has 0 radical (unpaired) electrons. The summed E-state index contributed by atoms with van der Waals surface area (Å²) in [5.74, 6) is 1.52. The van der Waals surface area contributed by atoms with Gasteiger partial charge in [-0.05, 0) is 25.7 Å². The number of hydrogen-bond donors (Lipinski definition) is 1. The molecule has 6 heteroatoms. The Hall–Kier alpha value is -1.59. The molecule has 0 amide bonds. The Morgan fingerprint density at radius 3 is 2.94 bits per heavy atom. The van der Waals surface area contributed by atoms with Crippen molar-refractivity contribution in [3.8, 4) is 6.01 Å². The first-order chi connectivity index (χ1) is 8.19. The van der Waals surface area contributed by atoms with E-state index in [1.165, 1.54) is 6.42 Å². The third-order valence-electron chi connectivity index (χ3n) is 2.83. The molecule has 0 aromatic carbocycles. The molecule has 2 heterocycles. The van der Waals surface area contributed by atoms with Crippen LogP contribution in [0.25, 0.3) is 0 Å². The number of rotatable bonds is 3. The molecule has 2 N–H and O–H groups in total. The highest BCUT2D eigenvalue weighted by Gasteiger charge is 2.20. The molecule has 17 heavy (non-hydrogen) atoms. The zero-order chi connectivity index (χ0) is 12.3. The van der Waals surface area contributed by atoms with E-state index < -0.39 is 0 Å². The molecular weight excluding hydrogens is 218 g/mol. The Bertz CT molecular complexity index is 384. The number of hydrogen-bond acceptors (Lipinski definition) is 6. The summed E-state index contributed by atoms with van der Waals surface area (Å²) in [6.45, 7) is 6.59. The molecular formula is C11H19N5O. The normalized spacial score (nSPS) is 20.4. The lowest BCUT2D eigenvalue weighted by Gasteiger charge is -2.30. The number of nitrogens with two attached hydrogens (primary N) is 1. The average molecular weight is 237 g/mol. The first kappa shape index (κ1) is 11.9. The maximum Gasteiger partial charge on any atom is 0.323 e. The minimum absolute atomic E-state index is 0.219. The quantitative estimate of drug-likeness (QED) is 0.848. The second-order valence-electron chi connectivity index (χ2n) is 4.40. The predicted molar refractivity (Wildman–Crippen MR) is 66.0 cm³/mol. The van der Waals surface area contributed by atoms with Gasteiger partial charge in [-0.25, -0.2) is 0 Å². The molecule has 1 aliphatic heterocycles. The van der Waals surface area contributed by atoms with Crippen molar-refractivity contribution >= 4 is 11.9 Å². The van der Waals surface area contributed by atoms with Crippen LogP contribution in [0.2, 0.25) is 0 Å². The fourth-order valence-corrected chi connectivity index (χ4v) is 2.07. The zero-order valence-corrected chi connectivity index (χ0v) is 10.4. The summed E-state index contributed by atoms with van der Waals surface area (Å²) in [5.41, 5.74) is 5.66. The van der Waals surface area contributed by atoms with Gasteiger partial charge in [0.15, 0.2) is 0 Å². The van der Waals surface area contributed by atoms with Crippen LogP contribution in [0, 0.1) is 5.92 Å². The summed E-state index contributed by atoms with van der Waals surface area (Å²) in [6, 6.07) is 0.313. The maximum atomic E-state index is 5.66. The lowest BCUT2D eigenvalue weighted by molar-refractivity contribution is 0.311. The van der Waals surface area contributed by atoms with Crippen LogP contribution in [-0.2, 0) is 0 Å². The lowest BCUT2D eigenvalue weighted by Crippen LogP contribution is -2.35. The topological polar surface area (TPSA) is 77.2 Å². The minimum atomic E-state index is 0.219. The van der Waals surface area contributed by atoms with Gasteiger partial charge in [-0.3, -0.25) is 0 Å². The highest BCUT2D eigenvalue weighted by Crippen LogP contribution is 2.21. The monoisotopic (exact) mass is 237 g/mol. The van der Waals surface area contributed by atoms with E-state index in [4.69, 9.17) is 10.5 Å². The van der Waals surface area contributed by atoms with Crippen LogP contribution in [0.3, 0.4) is 0 Å². The summed E-state index contributed by atoms with van der Waals surface area (Å²) < 4.78 is 5.28. The Morgan fingerprint density at radius 1 is 1.41 bits per heavy atom. The summed E-state index contributed by atoms with van der Waals surface area (Å²) in [7, 11) is 0. The minimum Gasteiger partial charge on any atom is -0.464 e. The van der Waals surface area contributed by atoms with E-state index in [1.54, 1.807) is 0 Å². The molecule has 1 aliphatic rings.